The Kier molecular flexibility index (Phi) is 4.19. The molecule has 0 fully saturated rings. The van der Waals surface area contributed by atoms with Gasteiger partial charge in [-0.2, -0.15) is 22.0 Å². The second-order valence-electron chi connectivity index (χ2n) is 3.99. The summed E-state index contributed by atoms with van der Waals surface area (Å²) in [5.74, 6) is -0.299. The summed E-state index contributed by atoms with van der Waals surface area (Å²) in [6, 6.07) is 5.19. The standard InChI is InChI=1S/C12H13F5O/c1-3-8(2)9-4-6-10(7-5-9)18-12(16,17)11(13,14)15/h4-8H,3H2,1-2H3. The fraction of sp³-hybridized carbons (Fsp3) is 0.500. The Bertz CT molecular complexity index is 382. The first-order chi connectivity index (χ1) is 8.17. The fourth-order valence-electron chi connectivity index (χ4n) is 1.31. The molecule has 0 N–H and O–H groups in total. The monoisotopic (exact) mass is 268 g/mol. The van der Waals surface area contributed by atoms with Crippen molar-refractivity contribution in [3.8, 4) is 5.75 Å². The summed E-state index contributed by atoms with van der Waals surface area (Å²) in [6.07, 6.45) is -10.0. The molecule has 18 heavy (non-hydrogen) atoms. The van der Waals surface area contributed by atoms with Gasteiger partial charge >= 0.3 is 12.3 Å². The highest BCUT2D eigenvalue weighted by Gasteiger charge is 2.61. The van der Waals surface area contributed by atoms with Crippen LogP contribution in [0.2, 0.25) is 0 Å². The lowest BCUT2D eigenvalue weighted by atomic mass is 9.99. The van der Waals surface area contributed by atoms with Gasteiger partial charge in [-0.15, -0.1) is 0 Å². The zero-order valence-electron chi connectivity index (χ0n) is 9.89. The summed E-state index contributed by atoms with van der Waals surface area (Å²) in [4.78, 5) is 0. The molecule has 6 heteroatoms. The van der Waals surface area contributed by atoms with Crippen molar-refractivity contribution in [3.05, 3.63) is 29.8 Å². The van der Waals surface area contributed by atoms with Crippen molar-refractivity contribution in [2.24, 2.45) is 0 Å². The minimum atomic E-state index is -5.72. The summed E-state index contributed by atoms with van der Waals surface area (Å²) < 4.78 is 64.6. The lowest BCUT2D eigenvalue weighted by Crippen LogP contribution is -2.41. The predicted octanol–water partition coefficient (Wildman–Crippen LogP) is 4.73. The SMILES string of the molecule is CCC(C)c1ccc(OC(F)(F)C(F)(F)F)cc1. The van der Waals surface area contributed by atoms with Crippen LogP contribution in [0.15, 0.2) is 24.3 Å². The molecule has 0 aliphatic heterocycles. The first kappa shape index (κ1) is 14.7. The molecule has 1 aromatic rings. The highest BCUT2D eigenvalue weighted by atomic mass is 19.4. The first-order valence-electron chi connectivity index (χ1n) is 5.41. The Morgan fingerprint density at radius 2 is 1.56 bits per heavy atom. The molecule has 1 aromatic carbocycles. The molecular weight excluding hydrogens is 255 g/mol. The Morgan fingerprint density at radius 3 is 1.94 bits per heavy atom. The Morgan fingerprint density at radius 1 is 1.06 bits per heavy atom. The Balaban J connectivity index is 2.81. The van der Waals surface area contributed by atoms with E-state index in [1.54, 1.807) is 0 Å². The number of hydrogen-bond acceptors (Lipinski definition) is 1. The first-order valence-corrected chi connectivity index (χ1v) is 5.41. The number of rotatable bonds is 4. The van der Waals surface area contributed by atoms with Crippen LogP contribution in [0.25, 0.3) is 0 Å². The minimum Gasteiger partial charge on any atom is -0.426 e. The normalized spacial score (nSPS) is 14.4. The van der Waals surface area contributed by atoms with Crippen LogP contribution in [0.3, 0.4) is 0 Å². The average molecular weight is 268 g/mol. The zero-order chi connectivity index (χ0) is 14.0. The molecule has 0 heterocycles. The summed E-state index contributed by atoms with van der Waals surface area (Å²) in [5.41, 5.74) is 0.861. The van der Waals surface area contributed by atoms with E-state index < -0.39 is 18.0 Å². The van der Waals surface area contributed by atoms with E-state index in [0.29, 0.717) is 0 Å². The number of benzene rings is 1. The molecule has 102 valence electrons. The molecule has 0 saturated heterocycles. The van der Waals surface area contributed by atoms with E-state index in [0.717, 1.165) is 24.1 Å². The van der Waals surface area contributed by atoms with E-state index in [1.807, 2.05) is 13.8 Å². The highest BCUT2D eigenvalue weighted by molar-refractivity contribution is 5.29. The van der Waals surface area contributed by atoms with E-state index >= 15 is 0 Å². The molecule has 0 radical (unpaired) electrons. The maximum Gasteiger partial charge on any atom is 0.499 e. The third kappa shape index (κ3) is 3.34. The van der Waals surface area contributed by atoms with Crippen molar-refractivity contribution in [2.75, 3.05) is 0 Å². The van der Waals surface area contributed by atoms with Crippen molar-refractivity contribution in [1.82, 2.24) is 0 Å². The van der Waals surface area contributed by atoms with Gasteiger partial charge in [0.1, 0.15) is 5.75 Å². The molecule has 1 nitrogen and oxygen atoms in total. The van der Waals surface area contributed by atoms with Gasteiger partial charge in [-0.1, -0.05) is 26.0 Å². The molecule has 1 unspecified atom stereocenters. The van der Waals surface area contributed by atoms with E-state index in [2.05, 4.69) is 4.74 Å². The molecular formula is C12H13F5O. The second kappa shape index (κ2) is 5.12. The quantitative estimate of drug-likeness (QED) is 0.717. The Hall–Kier alpha value is -1.33. The maximum atomic E-state index is 12.6. The molecule has 0 bridgehead atoms. The van der Waals surface area contributed by atoms with Gasteiger partial charge in [0, 0.05) is 0 Å². The van der Waals surface area contributed by atoms with Gasteiger partial charge in [-0.05, 0) is 30.0 Å². The van der Waals surface area contributed by atoms with Crippen molar-refractivity contribution in [2.45, 2.75) is 38.5 Å². The fourth-order valence-corrected chi connectivity index (χ4v) is 1.31. The molecule has 0 aliphatic rings. The molecule has 0 saturated carbocycles. The largest absolute Gasteiger partial charge is 0.499 e. The van der Waals surface area contributed by atoms with Crippen LogP contribution in [-0.4, -0.2) is 12.3 Å². The summed E-state index contributed by atoms with van der Waals surface area (Å²) >= 11 is 0. The van der Waals surface area contributed by atoms with Gasteiger partial charge in [-0.3, -0.25) is 0 Å². The van der Waals surface area contributed by atoms with Gasteiger partial charge in [0.2, 0.25) is 0 Å². The van der Waals surface area contributed by atoms with E-state index in [9.17, 15) is 22.0 Å². The van der Waals surface area contributed by atoms with Crippen LogP contribution >= 0.6 is 0 Å². The minimum absolute atomic E-state index is 0.210. The number of ether oxygens (including phenoxy) is 1. The smallest absolute Gasteiger partial charge is 0.426 e. The van der Waals surface area contributed by atoms with Crippen molar-refractivity contribution < 1.29 is 26.7 Å². The van der Waals surface area contributed by atoms with Crippen LogP contribution in [0.1, 0.15) is 31.7 Å². The molecule has 0 spiro atoms. The molecule has 1 atom stereocenters. The molecule has 0 aromatic heterocycles. The lowest BCUT2D eigenvalue weighted by Gasteiger charge is -2.20. The predicted molar refractivity (Wildman–Crippen MR) is 56.8 cm³/mol. The van der Waals surface area contributed by atoms with Crippen molar-refractivity contribution in [3.63, 3.8) is 0 Å². The van der Waals surface area contributed by atoms with Gasteiger partial charge in [0.15, 0.2) is 0 Å². The van der Waals surface area contributed by atoms with E-state index in [1.165, 1.54) is 12.1 Å². The van der Waals surface area contributed by atoms with Gasteiger partial charge < -0.3 is 4.74 Å². The van der Waals surface area contributed by atoms with Gasteiger partial charge in [-0.25, -0.2) is 0 Å². The number of alkyl halides is 5. The summed E-state index contributed by atoms with van der Waals surface area (Å²) in [5, 5.41) is 0. The van der Waals surface area contributed by atoms with Gasteiger partial charge in [0.05, 0.1) is 0 Å². The van der Waals surface area contributed by atoms with E-state index in [4.69, 9.17) is 0 Å². The third-order valence-corrected chi connectivity index (χ3v) is 2.64. The van der Waals surface area contributed by atoms with E-state index in [-0.39, 0.29) is 5.92 Å². The zero-order valence-corrected chi connectivity index (χ0v) is 9.89. The van der Waals surface area contributed by atoms with Crippen LogP contribution in [0, 0.1) is 0 Å². The molecule has 0 aliphatic carbocycles. The number of hydrogen-bond donors (Lipinski definition) is 0. The summed E-state index contributed by atoms with van der Waals surface area (Å²) in [6.45, 7) is 3.88. The van der Waals surface area contributed by atoms with Crippen LogP contribution in [0.4, 0.5) is 22.0 Å². The second-order valence-corrected chi connectivity index (χ2v) is 3.99. The number of halogens is 5. The van der Waals surface area contributed by atoms with Crippen LogP contribution < -0.4 is 4.74 Å². The van der Waals surface area contributed by atoms with Crippen LogP contribution in [-0.2, 0) is 0 Å². The third-order valence-electron chi connectivity index (χ3n) is 2.64. The summed E-state index contributed by atoms with van der Waals surface area (Å²) in [7, 11) is 0. The van der Waals surface area contributed by atoms with Gasteiger partial charge in [0.25, 0.3) is 0 Å². The average Bonchev–Trinajstić information content (AvgIpc) is 2.27. The van der Waals surface area contributed by atoms with Crippen molar-refractivity contribution in [1.29, 1.82) is 0 Å². The highest BCUT2D eigenvalue weighted by Crippen LogP contribution is 2.37. The maximum absolute atomic E-state index is 12.6. The Labute approximate surface area is 102 Å². The lowest BCUT2D eigenvalue weighted by molar-refractivity contribution is -0.360. The molecule has 1 rings (SSSR count). The molecule has 0 amide bonds. The van der Waals surface area contributed by atoms with Crippen molar-refractivity contribution >= 4 is 0 Å². The topological polar surface area (TPSA) is 9.23 Å². The van der Waals surface area contributed by atoms with Crippen LogP contribution in [0.5, 0.6) is 5.75 Å².